The summed E-state index contributed by atoms with van der Waals surface area (Å²) in [7, 11) is 1.65. The van der Waals surface area contributed by atoms with E-state index in [0.717, 1.165) is 36.9 Å². The Hall–Kier alpha value is -2.54. The minimum Gasteiger partial charge on any atom is -0.480 e. The average Bonchev–Trinajstić information content (AvgIpc) is 2.62. The highest BCUT2D eigenvalue weighted by Crippen LogP contribution is 2.32. The topological polar surface area (TPSA) is 69.6 Å². The van der Waals surface area contributed by atoms with E-state index in [0.29, 0.717) is 12.5 Å². The van der Waals surface area contributed by atoms with Gasteiger partial charge in [0.2, 0.25) is 5.95 Å². The van der Waals surface area contributed by atoms with Gasteiger partial charge in [-0.05, 0) is 37.1 Å². The fraction of sp³-hybridized carbons (Fsp3) is 0.421. The quantitative estimate of drug-likeness (QED) is 0.856. The number of hydrogen-bond acceptors (Lipinski definition) is 5. The summed E-state index contributed by atoms with van der Waals surface area (Å²) in [5.41, 5.74) is 1.96. The van der Waals surface area contributed by atoms with Crippen LogP contribution in [0.25, 0.3) is 0 Å². The van der Waals surface area contributed by atoms with E-state index in [1.165, 1.54) is 11.0 Å². The highest BCUT2D eigenvalue weighted by Gasteiger charge is 2.24. The molecule has 1 fully saturated rings. The van der Waals surface area contributed by atoms with Crippen LogP contribution in [0.15, 0.2) is 36.7 Å². The first-order valence-electron chi connectivity index (χ1n) is 8.76. The van der Waals surface area contributed by atoms with Crippen molar-refractivity contribution in [3.8, 4) is 0 Å². The summed E-state index contributed by atoms with van der Waals surface area (Å²) in [6.07, 6.45) is 6.72. The third-order valence-corrected chi connectivity index (χ3v) is 4.64. The number of likely N-dealkylation sites (N-methyl/N-ethyl adjacent to an activating group) is 1. The van der Waals surface area contributed by atoms with Crippen LogP contribution in [-0.4, -0.2) is 46.1 Å². The van der Waals surface area contributed by atoms with E-state index < -0.39 is 5.97 Å². The number of hydrogen-bond donors (Lipinski definition) is 1. The van der Waals surface area contributed by atoms with Crippen LogP contribution in [0.1, 0.15) is 36.4 Å². The molecule has 0 aliphatic carbocycles. The smallest absolute Gasteiger partial charge is 0.323 e. The highest BCUT2D eigenvalue weighted by atomic mass is 19.1. The summed E-state index contributed by atoms with van der Waals surface area (Å²) in [4.78, 5) is 23.1. The molecule has 7 heteroatoms. The van der Waals surface area contributed by atoms with Crippen molar-refractivity contribution in [3.05, 3.63) is 53.6 Å². The zero-order valence-electron chi connectivity index (χ0n) is 14.8. The molecule has 0 bridgehead atoms. The predicted molar refractivity (Wildman–Crippen MR) is 96.3 cm³/mol. The van der Waals surface area contributed by atoms with Crippen molar-refractivity contribution < 1.29 is 14.3 Å². The molecule has 1 N–H and O–H groups in total. The summed E-state index contributed by atoms with van der Waals surface area (Å²) in [6.45, 7) is 1.49. The van der Waals surface area contributed by atoms with Gasteiger partial charge in [0.25, 0.3) is 0 Å². The van der Waals surface area contributed by atoms with Gasteiger partial charge < -0.3 is 10.0 Å². The van der Waals surface area contributed by atoms with Crippen LogP contribution in [0, 0.1) is 5.82 Å². The first kappa shape index (κ1) is 18.3. The van der Waals surface area contributed by atoms with Gasteiger partial charge in [-0.1, -0.05) is 18.6 Å². The van der Waals surface area contributed by atoms with Crippen LogP contribution >= 0.6 is 0 Å². The van der Waals surface area contributed by atoms with Gasteiger partial charge in [-0.25, -0.2) is 14.4 Å². The van der Waals surface area contributed by atoms with E-state index in [4.69, 9.17) is 5.11 Å². The lowest BCUT2D eigenvalue weighted by molar-refractivity contribution is -0.135. The van der Waals surface area contributed by atoms with E-state index in [-0.39, 0.29) is 18.4 Å². The molecule has 0 radical (unpaired) electrons. The molecule has 0 amide bonds. The number of carbonyl (C=O) groups is 1. The Bertz CT molecular complexity index is 753. The van der Waals surface area contributed by atoms with E-state index in [1.807, 2.05) is 6.07 Å². The maximum atomic E-state index is 13.6. The molecule has 0 saturated carbocycles. The molecule has 2 heterocycles. The van der Waals surface area contributed by atoms with Crippen LogP contribution < -0.4 is 4.90 Å². The molecule has 1 aromatic carbocycles. The Morgan fingerprint density at radius 2 is 2.12 bits per heavy atom. The summed E-state index contributed by atoms with van der Waals surface area (Å²) in [5, 5.41) is 8.84. The largest absolute Gasteiger partial charge is 0.480 e. The van der Waals surface area contributed by atoms with Crippen LogP contribution in [0.2, 0.25) is 0 Å². The molecule has 1 saturated heterocycles. The Morgan fingerprint density at radius 3 is 2.81 bits per heavy atom. The number of carboxylic acids is 1. The van der Waals surface area contributed by atoms with Crippen LogP contribution in [-0.2, 0) is 11.3 Å². The van der Waals surface area contributed by atoms with Crippen molar-refractivity contribution in [1.29, 1.82) is 0 Å². The van der Waals surface area contributed by atoms with Gasteiger partial charge in [0.1, 0.15) is 12.4 Å². The summed E-state index contributed by atoms with van der Waals surface area (Å²) in [5.74, 6) is -0.745. The molecule has 1 aliphatic heterocycles. The predicted octanol–water partition coefficient (Wildman–Crippen LogP) is 2.86. The molecule has 6 nitrogen and oxygen atoms in total. The molecule has 2 aromatic rings. The molecular formula is C19H23FN4O2. The highest BCUT2D eigenvalue weighted by molar-refractivity contribution is 5.72. The first-order valence-corrected chi connectivity index (χ1v) is 8.76. The maximum absolute atomic E-state index is 13.6. The zero-order chi connectivity index (χ0) is 18.5. The normalized spacial score (nSPS) is 17.8. The Morgan fingerprint density at radius 1 is 1.35 bits per heavy atom. The lowest BCUT2D eigenvalue weighted by Gasteiger charge is -2.36. The average molecular weight is 358 g/mol. The SMILES string of the molecule is CN(CC(=O)O)c1ncc(CN2CCCCC2c2cccc(F)c2)cn1. The first-order chi connectivity index (χ1) is 12.5. The molecule has 1 aliphatic rings. The molecule has 3 rings (SSSR count). The number of carboxylic acid groups (broad SMARTS) is 1. The van der Waals surface area contributed by atoms with Crippen molar-refractivity contribution in [2.75, 3.05) is 25.0 Å². The fourth-order valence-electron chi connectivity index (χ4n) is 3.41. The van der Waals surface area contributed by atoms with Gasteiger partial charge in [-0.2, -0.15) is 0 Å². The zero-order valence-corrected chi connectivity index (χ0v) is 14.8. The number of piperidine rings is 1. The molecule has 1 unspecified atom stereocenters. The molecular weight excluding hydrogens is 335 g/mol. The van der Waals surface area contributed by atoms with Gasteiger partial charge >= 0.3 is 5.97 Å². The van der Waals surface area contributed by atoms with Gasteiger partial charge in [0, 0.05) is 37.6 Å². The fourth-order valence-corrected chi connectivity index (χ4v) is 3.41. The van der Waals surface area contributed by atoms with E-state index in [9.17, 15) is 9.18 Å². The molecule has 1 atom stereocenters. The van der Waals surface area contributed by atoms with E-state index in [1.54, 1.807) is 31.6 Å². The number of benzene rings is 1. The van der Waals surface area contributed by atoms with Crippen molar-refractivity contribution in [2.24, 2.45) is 0 Å². The number of aromatic nitrogens is 2. The van der Waals surface area contributed by atoms with E-state index in [2.05, 4.69) is 14.9 Å². The summed E-state index contributed by atoms with van der Waals surface area (Å²) >= 11 is 0. The molecule has 0 spiro atoms. The number of nitrogens with zero attached hydrogens (tertiary/aromatic N) is 4. The molecule has 26 heavy (non-hydrogen) atoms. The third-order valence-electron chi connectivity index (χ3n) is 4.64. The second kappa shape index (κ2) is 8.23. The van der Waals surface area contributed by atoms with Gasteiger partial charge in [0.05, 0.1) is 0 Å². The Balaban J connectivity index is 1.71. The molecule has 138 valence electrons. The number of likely N-dealkylation sites (tertiary alicyclic amines) is 1. The summed E-state index contributed by atoms with van der Waals surface area (Å²) in [6, 6.07) is 7.01. The van der Waals surface area contributed by atoms with Crippen LogP contribution in [0.5, 0.6) is 0 Å². The lowest BCUT2D eigenvalue weighted by Crippen LogP contribution is -2.33. The van der Waals surface area contributed by atoms with Crippen molar-refractivity contribution in [3.63, 3.8) is 0 Å². The number of aliphatic carboxylic acids is 1. The van der Waals surface area contributed by atoms with Crippen molar-refractivity contribution >= 4 is 11.9 Å². The number of halogens is 1. The minimum absolute atomic E-state index is 0.146. The van der Waals surface area contributed by atoms with Gasteiger partial charge in [-0.15, -0.1) is 0 Å². The van der Waals surface area contributed by atoms with Gasteiger partial charge in [0.15, 0.2) is 0 Å². The van der Waals surface area contributed by atoms with Crippen LogP contribution in [0.3, 0.4) is 0 Å². The standard InChI is InChI=1S/C19H23FN4O2/c1-23(13-18(25)26)19-21-10-14(11-22-19)12-24-8-3-2-7-17(24)15-5-4-6-16(20)9-15/h4-6,9-11,17H,2-3,7-8,12-13H2,1H3,(H,25,26). The van der Waals surface area contributed by atoms with Crippen molar-refractivity contribution in [2.45, 2.75) is 31.8 Å². The van der Waals surface area contributed by atoms with Crippen molar-refractivity contribution in [1.82, 2.24) is 14.9 Å². The monoisotopic (exact) mass is 358 g/mol. The summed E-state index contributed by atoms with van der Waals surface area (Å²) < 4.78 is 13.6. The number of anilines is 1. The lowest BCUT2D eigenvalue weighted by atomic mass is 9.95. The van der Waals surface area contributed by atoms with Gasteiger partial charge in [-0.3, -0.25) is 9.69 Å². The Labute approximate surface area is 152 Å². The molecule has 1 aromatic heterocycles. The number of rotatable bonds is 6. The minimum atomic E-state index is -0.925. The maximum Gasteiger partial charge on any atom is 0.323 e. The van der Waals surface area contributed by atoms with E-state index >= 15 is 0 Å². The Kier molecular flexibility index (Phi) is 5.78. The third kappa shape index (κ3) is 4.54. The second-order valence-electron chi connectivity index (χ2n) is 6.68. The second-order valence-corrected chi connectivity index (χ2v) is 6.68. The van der Waals surface area contributed by atoms with Crippen LogP contribution in [0.4, 0.5) is 10.3 Å².